The van der Waals surface area contributed by atoms with Gasteiger partial charge in [-0.05, 0) is 85.8 Å². The first-order valence-corrected chi connectivity index (χ1v) is 17.4. The van der Waals surface area contributed by atoms with Gasteiger partial charge in [0.1, 0.15) is 35.4 Å². The van der Waals surface area contributed by atoms with Crippen molar-refractivity contribution in [2.75, 3.05) is 26.2 Å². The van der Waals surface area contributed by atoms with Crippen molar-refractivity contribution in [1.29, 1.82) is 0 Å². The number of benzene rings is 3. The number of likely N-dealkylation sites (tertiary alicyclic amines) is 1. The van der Waals surface area contributed by atoms with Crippen molar-refractivity contribution in [1.82, 2.24) is 14.8 Å². The number of rotatable bonds is 10. The Bertz CT molecular complexity index is 2060. The van der Waals surface area contributed by atoms with Gasteiger partial charge < -0.3 is 15.2 Å². The third kappa shape index (κ3) is 10.3. The smallest absolute Gasteiger partial charge is 0.416 e. The first-order chi connectivity index (χ1) is 25.3. The molecule has 1 atom stereocenters. The van der Waals surface area contributed by atoms with E-state index < -0.39 is 65.2 Å². The Morgan fingerprint density at radius 2 is 1.70 bits per heavy atom. The molecule has 1 aliphatic rings. The summed E-state index contributed by atoms with van der Waals surface area (Å²) in [5, 5.41) is 12.9. The summed E-state index contributed by atoms with van der Waals surface area (Å²) in [5.41, 5.74) is -2.24. The van der Waals surface area contributed by atoms with Crippen LogP contribution < -0.4 is 10.9 Å². The van der Waals surface area contributed by atoms with E-state index in [1.54, 1.807) is 18.7 Å². The van der Waals surface area contributed by atoms with E-state index in [4.69, 9.17) is 0 Å². The van der Waals surface area contributed by atoms with Gasteiger partial charge in [-0.1, -0.05) is 15.9 Å². The summed E-state index contributed by atoms with van der Waals surface area (Å²) in [5.74, 6) is -3.98. The zero-order valence-corrected chi connectivity index (χ0v) is 31.2. The Labute approximate surface area is 314 Å². The number of carbonyl (C=O) groups is 2. The van der Waals surface area contributed by atoms with Gasteiger partial charge >= 0.3 is 12.1 Å². The molecule has 1 amide bonds. The predicted molar refractivity (Wildman–Crippen MR) is 190 cm³/mol. The summed E-state index contributed by atoms with van der Waals surface area (Å²) >= 11 is 3.19. The molecule has 0 bridgehead atoms. The first kappa shape index (κ1) is 42.0. The topological polar surface area (TPSA) is 101 Å². The van der Waals surface area contributed by atoms with Crippen LogP contribution in [-0.4, -0.2) is 58.9 Å². The third-order valence-electron chi connectivity index (χ3n) is 8.56. The molecular weight excluding hydrogens is 791 g/mol. The zero-order valence-electron chi connectivity index (χ0n) is 29.6. The molecule has 1 aromatic heterocycles. The van der Waals surface area contributed by atoms with Crippen molar-refractivity contribution in [2.24, 2.45) is 0 Å². The van der Waals surface area contributed by atoms with Gasteiger partial charge in [0.25, 0.3) is 5.56 Å². The quantitative estimate of drug-likeness (QED) is 0.126. The Morgan fingerprint density at radius 3 is 2.28 bits per heavy atom. The van der Waals surface area contributed by atoms with Crippen LogP contribution >= 0.6 is 15.9 Å². The number of halogens is 8. The lowest BCUT2D eigenvalue weighted by Gasteiger charge is -2.34. The Hall–Kier alpha value is -4.70. The molecule has 2 N–H and O–H groups in total. The van der Waals surface area contributed by atoms with Crippen molar-refractivity contribution >= 4 is 27.8 Å². The van der Waals surface area contributed by atoms with Gasteiger partial charge in [0.15, 0.2) is 0 Å². The van der Waals surface area contributed by atoms with E-state index in [0.717, 1.165) is 18.3 Å². The van der Waals surface area contributed by atoms with E-state index >= 15 is 8.78 Å². The molecule has 16 heteroatoms. The summed E-state index contributed by atoms with van der Waals surface area (Å²) in [6.07, 6.45) is -5.41. The number of nitrogens with one attached hydrogen (secondary N) is 1. The van der Waals surface area contributed by atoms with Crippen LogP contribution in [0.4, 0.5) is 30.7 Å². The molecule has 0 spiro atoms. The molecule has 2 heterocycles. The second-order valence-electron chi connectivity index (χ2n) is 12.7. The number of hydrogen-bond acceptors (Lipinski definition) is 6. The maximum Gasteiger partial charge on any atom is 0.416 e. The van der Waals surface area contributed by atoms with Gasteiger partial charge in [0.05, 0.1) is 12.2 Å². The normalized spacial score (nSPS) is 13.8. The molecule has 1 saturated heterocycles. The minimum Gasteiger partial charge on any atom is -0.507 e. The number of aromatic nitrogens is 1. The van der Waals surface area contributed by atoms with Crippen LogP contribution in [0, 0.1) is 31.3 Å². The van der Waals surface area contributed by atoms with Crippen molar-refractivity contribution in [2.45, 2.75) is 59.1 Å². The number of phenols is 1. The fourth-order valence-electron chi connectivity index (χ4n) is 6.07. The highest BCUT2D eigenvalue weighted by Crippen LogP contribution is 2.36. The molecule has 8 nitrogen and oxygen atoms in total. The van der Waals surface area contributed by atoms with Crippen LogP contribution in [0.2, 0.25) is 0 Å². The summed E-state index contributed by atoms with van der Waals surface area (Å²) in [7, 11) is 0. The summed E-state index contributed by atoms with van der Waals surface area (Å²) in [6, 6.07) is 6.90. The number of phenolic OH excluding ortho intramolecular Hbond substituents is 1. The van der Waals surface area contributed by atoms with Crippen LogP contribution in [-0.2, 0) is 33.5 Å². The molecule has 54 heavy (non-hydrogen) atoms. The summed E-state index contributed by atoms with van der Waals surface area (Å²) in [4.78, 5) is 38.5. The number of hydrogen-bond donors (Lipinski definition) is 2. The molecule has 3 aromatic carbocycles. The van der Waals surface area contributed by atoms with Crippen LogP contribution in [0.15, 0.2) is 64.0 Å². The molecule has 0 saturated carbocycles. The lowest BCUT2D eigenvalue weighted by atomic mass is 9.95. The van der Waals surface area contributed by atoms with E-state index in [1.165, 1.54) is 44.2 Å². The maximum atomic E-state index is 15.3. The molecule has 1 unspecified atom stereocenters. The van der Waals surface area contributed by atoms with Gasteiger partial charge in [0, 0.05) is 72.6 Å². The van der Waals surface area contributed by atoms with Gasteiger partial charge in [0.2, 0.25) is 5.91 Å². The lowest BCUT2D eigenvalue weighted by Crippen LogP contribution is -2.49. The Morgan fingerprint density at radius 1 is 1.02 bits per heavy atom. The summed E-state index contributed by atoms with van der Waals surface area (Å²) in [6.45, 7) is 6.28. The van der Waals surface area contributed by atoms with Gasteiger partial charge in [-0.2, -0.15) is 13.2 Å². The number of pyridine rings is 1. The lowest BCUT2D eigenvalue weighted by molar-refractivity contribution is -0.140. The van der Waals surface area contributed by atoms with E-state index in [1.807, 2.05) is 0 Å². The Kier molecular flexibility index (Phi) is 13.7. The zero-order chi connectivity index (χ0) is 40.1. The molecule has 4 aromatic rings. The molecule has 1 aliphatic heterocycles. The number of nitrogens with zero attached hydrogens (tertiary/aromatic N) is 2. The second kappa shape index (κ2) is 17.6. The first-order valence-electron chi connectivity index (χ1n) is 16.6. The van der Waals surface area contributed by atoms with Crippen LogP contribution in [0.25, 0.3) is 11.1 Å². The van der Waals surface area contributed by atoms with Gasteiger partial charge in [-0.3, -0.25) is 23.9 Å². The maximum absolute atomic E-state index is 15.3. The fraction of sp³-hybridized carbons (Fsp3) is 0.342. The number of amides is 1. The van der Waals surface area contributed by atoms with E-state index in [0.29, 0.717) is 32.8 Å². The second-order valence-corrected chi connectivity index (χ2v) is 13.6. The number of aromatic hydroxyl groups is 1. The van der Waals surface area contributed by atoms with Crippen molar-refractivity contribution in [3.05, 3.63) is 120 Å². The van der Waals surface area contributed by atoms with Gasteiger partial charge in [-0.25, -0.2) is 17.6 Å². The molecule has 1 fully saturated rings. The minimum atomic E-state index is -4.93. The SMILES string of the molecule is CCOC(C)=O.Cc1cc(-c2c(C)cc(F)cc2O)cc(CNC(=O)C(c2cc(Br)ccc2F)n2cc(CCN3CC(F)C3)c(C(F)(F)F)cc2=O)c1F. The largest absolute Gasteiger partial charge is 0.507 e. The standard InChI is InChI=1S/C34H29BrF7N3O3.C4H8O2/c1-17-8-23(36)11-28(46)30(17)20-7-18(2)31(39)21(9-20)13-43-33(48)32(25-10-22(35)3-4-27(25)38)45-14-19(5-6-44-15-24(37)16-44)26(12-29(45)47)34(40,41)42;1-3-6-4(2)5/h3-4,7-12,14,24,32,46H,5-6,13,15-16H2,1-2H3,(H,43,48);3H2,1-2H3. The van der Waals surface area contributed by atoms with Crippen LogP contribution in [0.5, 0.6) is 5.75 Å². The predicted octanol–water partition coefficient (Wildman–Crippen LogP) is 7.71. The van der Waals surface area contributed by atoms with Crippen molar-refractivity contribution in [3.8, 4) is 16.9 Å². The number of alkyl halides is 4. The van der Waals surface area contributed by atoms with E-state index in [2.05, 4.69) is 26.0 Å². The number of carbonyl (C=O) groups excluding carboxylic acids is 2. The Balaban J connectivity index is 0.000001000. The highest BCUT2D eigenvalue weighted by Gasteiger charge is 2.37. The molecule has 0 radical (unpaired) electrons. The van der Waals surface area contributed by atoms with Crippen molar-refractivity contribution in [3.63, 3.8) is 0 Å². The monoisotopic (exact) mass is 827 g/mol. The number of esters is 1. The minimum absolute atomic E-state index is 0.0435. The molecular formula is C38H37BrF7N3O5. The number of ether oxygens (including phenoxy) is 1. The molecule has 5 rings (SSSR count). The highest BCUT2D eigenvalue weighted by atomic mass is 79.9. The number of aryl methyl sites for hydroxylation is 2. The third-order valence-corrected chi connectivity index (χ3v) is 9.05. The summed E-state index contributed by atoms with van der Waals surface area (Å²) < 4.78 is 105. The van der Waals surface area contributed by atoms with E-state index in [-0.39, 0.29) is 59.8 Å². The van der Waals surface area contributed by atoms with E-state index in [9.17, 15) is 41.4 Å². The molecule has 0 aliphatic carbocycles. The van der Waals surface area contributed by atoms with Crippen LogP contribution in [0.3, 0.4) is 0 Å². The average molecular weight is 829 g/mol. The average Bonchev–Trinajstić information content (AvgIpc) is 3.05. The highest BCUT2D eigenvalue weighted by molar-refractivity contribution is 9.10. The molecule has 290 valence electrons. The van der Waals surface area contributed by atoms with Crippen LogP contribution in [0.1, 0.15) is 53.3 Å². The van der Waals surface area contributed by atoms with Crippen molar-refractivity contribution < 1.29 is 50.2 Å². The fourth-order valence-corrected chi connectivity index (χ4v) is 6.44. The van der Waals surface area contributed by atoms with Gasteiger partial charge in [-0.15, -0.1) is 0 Å².